The van der Waals surface area contributed by atoms with E-state index in [9.17, 15) is 4.79 Å². The molecule has 0 bridgehead atoms. The first-order valence-corrected chi connectivity index (χ1v) is 9.12. The van der Waals surface area contributed by atoms with Crippen molar-refractivity contribution in [3.05, 3.63) is 83.9 Å². The topological polar surface area (TPSA) is 82.7 Å². The number of hydrogen-bond donors (Lipinski definition) is 3. The fourth-order valence-corrected chi connectivity index (χ4v) is 3.13. The number of H-pyrrole nitrogens is 1. The lowest BCUT2D eigenvalue weighted by atomic mass is 10.1. The van der Waals surface area contributed by atoms with Crippen molar-refractivity contribution in [1.29, 1.82) is 0 Å². The van der Waals surface area contributed by atoms with Crippen molar-refractivity contribution in [1.82, 2.24) is 15.0 Å². The maximum Gasteiger partial charge on any atom is 0.257 e. The van der Waals surface area contributed by atoms with E-state index in [1.165, 1.54) is 5.56 Å². The number of aryl methyl sites for hydroxylation is 1. The van der Waals surface area contributed by atoms with Crippen molar-refractivity contribution < 1.29 is 4.79 Å². The third-order valence-corrected chi connectivity index (χ3v) is 4.69. The minimum atomic E-state index is -0.177. The Kier molecular flexibility index (Phi) is 4.76. The number of rotatable bonds is 5. The Morgan fingerprint density at radius 3 is 2.82 bits per heavy atom. The number of nitrogens with one attached hydrogen (secondary N) is 3. The maximum absolute atomic E-state index is 12.3. The molecule has 3 aromatic heterocycles. The van der Waals surface area contributed by atoms with Gasteiger partial charge in [0.15, 0.2) is 0 Å². The lowest BCUT2D eigenvalue weighted by Gasteiger charge is -2.17. The van der Waals surface area contributed by atoms with Gasteiger partial charge in [0.25, 0.3) is 5.91 Å². The van der Waals surface area contributed by atoms with Gasteiger partial charge in [-0.1, -0.05) is 12.1 Å². The fourth-order valence-electron chi connectivity index (χ4n) is 3.13. The minimum Gasteiger partial charge on any atom is -0.377 e. The van der Waals surface area contributed by atoms with E-state index in [-0.39, 0.29) is 11.9 Å². The molecule has 140 valence electrons. The van der Waals surface area contributed by atoms with Crippen LogP contribution in [0.4, 0.5) is 11.4 Å². The first-order valence-electron chi connectivity index (χ1n) is 9.12. The van der Waals surface area contributed by atoms with E-state index in [0.29, 0.717) is 5.56 Å². The molecule has 0 aliphatic carbocycles. The molecule has 0 radical (unpaired) electrons. The van der Waals surface area contributed by atoms with E-state index < -0.39 is 0 Å². The van der Waals surface area contributed by atoms with Crippen LogP contribution in [-0.2, 0) is 0 Å². The second-order valence-electron chi connectivity index (χ2n) is 6.78. The van der Waals surface area contributed by atoms with Gasteiger partial charge in [0.1, 0.15) is 5.65 Å². The van der Waals surface area contributed by atoms with Gasteiger partial charge in [-0.2, -0.15) is 0 Å². The second-order valence-corrected chi connectivity index (χ2v) is 6.78. The normalized spacial score (nSPS) is 11.9. The first kappa shape index (κ1) is 17.7. The molecular weight excluding hydrogens is 350 g/mol. The van der Waals surface area contributed by atoms with Crippen LogP contribution in [0, 0.1) is 6.92 Å². The molecule has 28 heavy (non-hydrogen) atoms. The molecule has 0 spiro atoms. The number of fused-ring (bicyclic) bond motifs is 1. The van der Waals surface area contributed by atoms with Crippen molar-refractivity contribution in [2.24, 2.45) is 0 Å². The Morgan fingerprint density at radius 2 is 2.00 bits per heavy atom. The quantitative estimate of drug-likeness (QED) is 0.475. The number of pyridine rings is 2. The van der Waals surface area contributed by atoms with Gasteiger partial charge in [0, 0.05) is 35.7 Å². The molecule has 6 nitrogen and oxygen atoms in total. The maximum atomic E-state index is 12.3. The van der Waals surface area contributed by atoms with Crippen LogP contribution >= 0.6 is 0 Å². The summed E-state index contributed by atoms with van der Waals surface area (Å²) in [6.07, 6.45) is 6.98. The largest absolute Gasteiger partial charge is 0.377 e. The molecule has 0 saturated heterocycles. The zero-order valence-electron chi connectivity index (χ0n) is 15.7. The summed E-state index contributed by atoms with van der Waals surface area (Å²) in [4.78, 5) is 23.9. The van der Waals surface area contributed by atoms with Crippen molar-refractivity contribution in [3.63, 3.8) is 0 Å². The highest BCUT2D eigenvalue weighted by Gasteiger charge is 2.10. The number of aromatic nitrogens is 3. The number of carbonyl (C=O) groups excluding carboxylic acids is 1. The third-order valence-electron chi connectivity index (χ3n) is 4.69. The molecule has 3 N–H and O–H groups in total. The molecule has 0 unspecified atom stereocenters. The number of nitrogens with zero attached hydrogens (tertiary/aromatic N) is 2. The number of benzene rings is 1. The van der Waals surface area contributed by atoms with Gasteiger partial charge < -0.3 is 15.6 Å². The summed E-state index contributed by atoms with van der Waals surface area (Å²) in [5, 5.41) is 7.51. The molecule has 0 aliphatic rings. The molecule has 4 aromatic rings. The molecular formula is C22H21N5O. The van der Waals surface area contributed by atoms with Crippen LogP contribution in [0.1, 0.15) is 34.5 Å². The van der Waals surface area contributed by atoms with Crippen LogP contribution in [0.5, 0.6) is 0 Å². The molecule has 3 heterocycles. The Bertz CT molecular complexity index is 1120. The van der Waals surface area contributed by atoms with Gasteiger partial charge in [-0.15, -0.1) is 0 Å². The first-order chi connectivity index (χ1) is 13.6. The number of amides is 1. The number of carbonyl (C=O) groups is 1. The molecule has 1 atom stereocenters. The van der Waals surface area contributed by atoms with Gasteiger partial charge in [0.2, 0.25) is 0 Å². The lowest BCUT2D eigenvalue weighted by Crippen LogP contribution is -2.13. The molecule has 1 aromatic carbocycles. The Morgan fingerprint density at radius 1 is 1.11 bits per heavy atom. The van der Waals surface area contributed by atoms with Crippen LogP contribution in [0.2, 0.25) is 0 Å². The van der Waals surface area contributed by atoms with Crippen molar-refractivity contribution in [2.45, 2.75) is 19.9 Å². The van der Waals surface area contributed by atoms with E-state index in [0.717, 1.165) is 28.0 Å². The van der Waals surface area contributed by atoms with Crippen molar-refractivity contribution >= 4 is 28.3 Å². The molecule has 0 aliphatic heterocycles. The third kappa shape index (κ3) is 3.71. The molecule has 0 fully saturated rings. The van der Waals surface area contributed by atoms with Gasteiger partial charge in [-0.05, 0) is 55.3 Å². The van der Waals surface area contributed by atoms with Crippen LogP contribution in [0.3, 0.4) is 0 Å². The smallest absolute Gasteiger partial charge is 0.257 e. The highest BCUT2D eigenvalue weighted by Crippen LogP contribution is 2.25. The van der Waals surface area contributed by atoms with Crippen molar-refractivity contribution in [2.75, 3.05) is 10.6 Å². The van der Waals surface area contributed by atoms with Gasteiger partial charge in [-0.3, -0.25) is 9.78 Å². The lowest BCUT2D eigenvalue weighted by molar-refractivity contribution is 0.102. The zero-order valence-corrected chi connectivity index (χ0v) is 15.7. The monoisotopic (exact) mass is 371 g/mol. The van der Waals surface area contributed by atoms with Gasteiger partial charge in [-0.25, -0.2) is 4.98 Å². The molecule has 1 amide bonds. The Balaban J connectivity index is 1.49. The Labute approximate surface area is 163 Å². The fraction of sp³-hybridized carbons (Fsp3) is 0.136. The average molecular weight is 371 g/mol. The predicted molar refractivity (Wildman–Crippen MR) is 112 cm³/mol. The van der Waals surface area contributed by atoms with Gasteiger partial charge >= 0.3 is 0 Å². The van der Waals surface area contributed by atoms with E-state index in [1.54, 1.807) is 24.5 Å². The molecule has 6 heteroatoms. The summed E-state index contributed by atoms with van der Waals surface area (Å²) in [6, 6.07) is 13.4. The standard InChI is InChI=1S/C22H21N5O/c1-14-11-24-21-20(14)10-19(13-25-21)26-15(2)16-5-3-7-18(9-16)27-22(28)17-6-4-8-23-12-17/h3-13,15,26H,1-2H3,(H,24,25)(H,27,28)/t15-/m0/s1. The summed E-state index contributed by atoms with van der Waals surface area (Å²) < 4.78 is 0. The van der Waals surface area contributed by atoms with Crippen LogP contribution < -0.4 is 10.6 Å². The van der Waals surface area contributed by atoms with E-state index in [4.69, 9.17) is 0 Å². The van der Waals surface area contributed by atoms with Crippen molar-refractivity contribution in [3.8, 4) is 0 Å². The number of anilines is 2. The number of hydrogen-bond acceptors (Lipinski definition) is 4. The second kappa shape index (κ2) is 7.52. The summed E-state index contributed by atoms with van der Waals surface area (Å²) in [7, 11) is 0. The van der Waals surface area contributed by atoms with Crippen LogP contribution in [0.15, 0.2) is 67.3 Å². The molecule has 0 saturated carbocycles. The van der Waals surface area contributed by atoms with Gasteiger partial charge in [0.05, 0.1) is 17.4 Å². The Hall–Kier alpha value is -3.67. The SMILES string of the molecule is Cc1c[nH]c2ncc(N[C@@H](C)c3cccc(NC(=O)c4cccnc4)c3)cc12. The molecule has 4 rings (SSSR count). The zero-order chi connectivity index (χ0) is 19.5. The van der Waals surface area contributed by atoms with E-state index in [2.05, 4.69) is 45.5 Å². The van der Waals surface area contributed by atoms with E-state index >= 15 is 0 Å². The highest BCUT2D eigenvalue weighted by atomic mass is 16.1. The number of aromatic amines is 1. The van der Waals surface area contributed by atoms with Crippen LogP contribution in [0.25, 0.3) is 11.0 Å². The summed E-state index contributed by atoms with van der Waals surface area (Å²) in [5.41, 5.74) is 5.34. The van der Waals surface area contributed by atoms with Crippen LogP contribution in [-0.4, -0.2) is 20.9 Å². The highest BCUT2D eigenvalue weighted by molar-refractivity contribution is 6.04. The minimum absolute atomic E-state index is 0.0498. The summed E-state index contributed by atoms with van der Waals surface area (Å²) >= 11 is 0. The average Bonchev–Trinajstić information content (AvgIpc) is 3.09. The van der Waals surface area contributed by atoms with E-state index in [1.807, 2.05) is 36.7 Å². The predicted octanol–water partition coefficient (Wildman–Crippen LogP) is 4.69. The summed E-state index contributed by atoms with van der Waals surface area (Å²) in [6.45, 7) is 4.14. The summed E-state index contributed by atoms with van der Waals surface area (Å²) in [5.74, 6) is -0.177.